The van der Waals surface area contributed by atoms with Crippen molar-refractivity contribution in [3.63, 3.8) is 0 Å². The van der Waals surface area contributed by atoms with Gasteiger partial charge >= 0.3 is 0 Å². The third-order valence-corrected chi connectivity index (χ3v) is 7.30. The van der Waals surface area contributed by atoms with Crippen LogP contribution in [-0.2, 0) is 12.8 Å². The topological polar surface area (TPSA) is 72.6 Å². The van der Waals surface area contributed by atoms with Gasteiger partial charge < -0.3 is 4.74 Å². The van der Waals surface area contributed by atoms with Gasteiger partial charge in [-0.25, -0.2) is 5.84 Å². The number of amides is 1. The van der Waals surface area contributed by atoms with Gasteiger partial charge in [0, 0.05) is 23.1 Å². The van der Waals surface area contributed by atoms with Crippen LogP contribution in [0.5, 0.6) is 5.75 Å². The first kappa shape index (κ1) is 27.2. The first-order valence-electron chi connectivity index (χ1n) is 13.0. The van der Waals surface area contributed by atoms with E-state index in [4.69, 9.17) is 22.2 Å². The summed E-state index contributed by atoms with van der Waals surface area (Å²) in [6, 6.07) is 11.4. The standard InChI is InChI=1S/C29H39ClN2O3/c1-4-10-26(22-11-7-6-8-12-22)32(31)29(34)23-18-20(3)17-21(19-23)15-16-35-27-14-9-13-25(28(30)33)24(27)5-2/h9,13-14,17-19,22,26H,4-8,10-12,15-16,31H2,1-3H3/t26-/m0/s1. The number of ether oxygens (including phenoxy) is 1. The van der Waals surface area contributed by atoms with Gasteiger partial charge in [0.1, 0.15) is 5.75 Å². The second-order valence-electron chi connectivity index (χ2n) is 9.68. The maximum absolute atomic E-state index is 13.4. The zero-order valence-electron chi connectivity index (χ0n) is 21.3. The highest BCUT2D eigenvalue weighted by Gasteiger charge is 2.30. The molecule has 0 radical (unpaired) electrons. The third-order valence-electron chi connectivity index (χ3n) is 7.10. The molecule has 6 heteroatoms. The molecule has 35 heavy (non-hydrogen) atoms. The Morgan fingerprint density at radius 1 is 1.14 bits per heavy atom. The van der Waals surface area contributed by atoms with Crippen LogP contribution in [0.3, 0.4) is 0 Å². The summed E-state index contributed by atoms with van der Waals surface area (Å²) in [5.41, 5.74) is 3.97. The highest BCUT2D eigenvalue weighted by Crippen LogP contribution is 2.31. The highest BCUT2D eigenvalue weighted by molar-refractivity contribution is 6.68. The molecule has 5 nitrogen and oxygen atoms in total. The molecule has 2 aromatic rings. The fourth-order valence-corrected chi connectivity index (χ4v) is 5.55. The molecule has 2 aromatic carbocycles. The van der Waals surface area contributed by atoms with E-state index in [1.807, 2.05) is 32.0 Å². The molecule has 0 aliphatic heterocycles. The molecule has 2 N–H and O–H groups in total. The summed E-state index contributed by atoms with van der Waals surface area (Å²) in [7, 11) is 0. The predicted octanol–water partition coefficient (Wildman–Crippen LogP) is 6.62. The van der Waals surface area contributed by atoms with Crippen molar-refractivity contribution in [2.24, 2.45) is 11.8 Å². The van der Waals surface area contributed by atoms with E-state index < -0.39 is 5.24 Å². The van der Waals surface area contributed by atoms with Crippen molar-refractivity contribution in [1.82, 2.24) is 5.01 Å². The number of benzene rings is 2. The quantitative estimate of drug-likeness (QED) is 0.163. The van der Waals surface area contributed by atoms with Crippen LogP contribution < -0.4 is 10.6 Å². The van der Waals surface area contributed by atoms with Gasteiger partial charge in [-0.3, -0.25) is 14.6 Å². The molecule has 1 atom stereocenters. The van der Waals surface area contributed by atoms with Crippen molar-refractivity contribution in [2.45, 2.75) is 84.6 Å². The number of hydrogen-bond donors (Lipinski definition) is 1. The zero-order chi connectivity index (χ0) is 25.4. The molecule has 0 spiro atoms. The van der Waals surface area contributed by atoms with Crippen LogP contribution in [-0.4, -0.2) is 28.8 Å². The van der Waals surface area contributed by atoms with E-state index in [2.05, 4.69) is 13.0 Å². The minimum Gasteiger partial charge on any atom is -0.493 e. The third kappa shape index (κ3) is 7.08. The van der Waals surface area contributed by atoms with E-state index in [1.165, 1.54) is 24.3 Å². The van der Waals surface area contributed by atoms with Crippen molar-refractivity contribution >= 4 is 22.8 Å². The maximum Gasteiger partial charge on any atom is 0.268 e. The minimum atomic E-state index is -0.477. The van der Waals surface area contributed by atoms with Crippen LogP contribution in [0.4, 0.5) is 0 Å². The molecule has 0 unspecified atom stereocenters. The number of hydrogen-bond acceptors (Lipinski definition) is 4. The van der Waals surface area contributed by atoms with Crippen LogP contribution in [0.2, 0.25) is 0 Å². The van der Waals surface area contributed by atoms with E-state index in [-0.39, 0.29) is 11.9 Å². The Labute approximate surface area is 214 Å². The van der Waals surface area contributed by atoms with Crippen molar-refractivity contribution in [1.29, 1.82) is 0 Å². The van der Waals surface area contributed by atoms with Gasteiger partial charge in [-0.15, -0.1) is 0 Å². The Bertz CT molecular complexity index is 1020. The molecule has 1 aliphatic rings. The molecular formula is C29H39ClN2O3. The average molecular weight is 499 g/mol. The van der Waals surface area contributed by atoms with Crippen molar-refractivity contribution in [3.8, 4) is 5.75 Å². The molecule has 0 aromatic heterocycles. The Morgan fingerprint density at radius 3 is 2.54 bits per heavy atom. The number of nitrogens with zero attached hydrogens (tertiary/aromatic N) is 1. The van der Waals surface area contributed by atoms with Crippen LogP contribution >= 0.6 is 11.6 Å². The molecule has 1 saturated carbocycles. The monoisotopic (exact) mass is 498 g/mol. The number of hydrazine groups is 1. The Balaban J connectivity index is 1.71. The summed E-state index contributed by atoms with van der Waals surface area (Å²) in [5.74, 6) is 7.53. The molecule has 0 heterocycles. The Kier molecular flexibility index (Phi) is 10.2. The van der Waals surface area contributed by atoms with Crippen LogP contribution in [0.25, 0.3) is 0 Å². The van der Waals surface area contributed by atoms with Crippen molar-refractivity contribution in [3.05, 3.63) is 64.2 Å². The Hall–Kier alpha value is -2.37. The molecule has 1 amide bonds. The van der Waals surface area contributed by atoms with Crippen LogP contribution in [0.1, 0.15) is 96.2 Å². The fourth-order valence-electron chi connectivity index (χ4n) is 5.38. The molecule has 190 valence electrons. The van der Waals surface area contributed by atoms with Crippen molar-refractivity contribution in [2.75, 3.05) is 6.61 Å². The lowest BCUT2D eigenvalue weighted by molar-refractivity contribution is 0.0548. The lowest BCUT2D eigenvalue weighted by atomic mass is 9.82. The smallest absolute Gasteiger partial charge is 0.268 e. The molecule has 3 rings (SSSR count). The first-order valence-corrected chi connectivity index (χ1v) is 13.4. The lowest BCUT2D eigenvalue weighted by Crippen LogP contribution is -2.49. The molecule has 1 fully saturated rings. The number of carbonyl (C=O) groups excluding carboxylic acids is 2. The molecular weight excluding hydrogens is 460 g/mol. The fraction of sp³-hybridized carbons (Fsp3) is 0.517. The largest absolute Gasteiger partial charge is 0.493 e. The summed E-state index contributed by atoms with van der Waals surface area (Å²) >= 11 is 5.73. The molecule has 1 aliphatic carbocycles. The summed E-state index contributed by atoms with van der Waals surface area (Å²) in [6.45, 7) is 6.55. The minimum absolute atomic E-state index is 0.0875. The Morgan fingerprint density at radius 2 is 1.89 bits per heavy atom. The SMILES string of the molecule is CCC[C@@H](C1CCCCC1)N(N)C(=O)c1cc(C)cc(CCOc2cccc(C(=O)Cl)c2CC)c1. The predicted molar refractivity (Wildman–Crippen MR) is 142 cm³/mol. The number of nitrogens with two attached hydrogens (primary N) is 1. The highest BCUT2D eigenvalue weighted by atomic mass is 35.5. The van der Waals surface area contributed by atoms with E-state index in [0.29, 0.717) is 42.2 Å². The van der Waals surface area contributed by atoms with E-state index in [1.54, 1.807) is 12.1 Å². The maximum atomic E-state index is 13.4. The lowest BCUT2D eigenvalue weighted by Gasteiger charge is -2.36. The van der Waals surface area contributed by atoms with Gasteiger partial charge in [-0.05, 0) is 80.0 Å². The van der Waals surface area contributed by atoms with Crippen molar-refractivity contribution < 1.29 is 14.3 Å². The van der Waals surface area contributed by atoms with Gasteiger partial charge in [0.15, 0.2) is 0 Å². The first-order chi connectivity index (χ1) is 16.8. The molecule has 0 saturated heterocycles. The summed E-state index contributed by atoms with van der Waals surface area (Å²) in [4.78, 5) is 25.1. The summed E-state index contributed by atoms with van der Waals surface area (Å²) in [5, 5.41) is 1.03. The summed E-state index contributed by atoms with van der Waals surface area (Å²) in [6.07, 6.45) is 9.26. The number of carbonyl (C=O) groups is 2. The number of aryl methyl sites for hydroxylation is 1. The molecule has 0 bridgehead atoms. The van der Waals surface area contributed by atoms with E-state index in [9.17, 15) is 9.59 Å². The van der Waals surface area contributed by atoms with Gasteiger partial charge in [-0.2, -0.15) is 0 Å². The van der Waals surface area contributed by atoms with Crippen LogP contribution in [0, 0.1) is 12.8 Å². The van der Waals surface area contributed by atoms with E-state index >= 15 is 0 Å². The van der Waals surface area contributed by atoms with Gasteiger partial charge in [0.05, 0.1) is 12.6 Å². The van der Waals surface area contributed by atoms with Gasteiger partial charge in [-0.1, -0.05) is 57.2 Å². The van der Waals surface area contributed by atoms with Gasteiger partial charge in [0.2, 0.25) is 0 Å². The van der Waals surface area contributed by atoms with E-state index in [0.717, 1.165) is 42.4 Å². The second-order valence-corrected chi connectivity index (χ2v) is 10.0. The average Bonchev–Trinajstić information content (AvgIpc) is 2.86. The van der Waals surface area contributed by atoms with Crippen LogP contribution in [0.15, 0.2) is 36.4 Å². The summed E-state index contributed by atoms with van der Waals surface area (Å²) < 4.78 is 6.03. The van der Waals surface area contributed by atoms with Gasteiger partial charge in [0.25, 0.3) is 11.1 Å². The second kappa shape index (κ2) is 13.1. The normalized spacial score (nSPS) is 15.0. The zero-order valence-corrected chi connectivity index (χ0v) is 22.1. The number of halogens is 1. The number of rotatable bonds is 11.